The minimum Gasteiger partial charge on any atom is -0.506 e. The Morgan fingerprint density at radius 1 is 1.40 bits per heavy atom. The number of rotatable bonds is 6. The zero-order valence-corrected chi connectivity index (χ0v) is 17.0. The van der Waals surface area contributed by atoms with Crippen LogP contribution >= 0.6 is 11.6 Å². The number of benzene rings is 2. The Kier molecular flexibility index (Phi) is 4.81. The predicted molar refractivity (Wildman–Crippen MR) is 110 cm³/mol. The molecule has 0 spiro atoms. The summed E-state index contributed by atoms with van der Waals surface area (Å²) in [5, 5.41) is 13.1. The van der Waals surface area contributed by atoms with E-state index in [1.54, 1.807) is 6.92 Å². The van der Waals surface area contributed by atoms with E-state index in [1.165, 1.54) is 6.92 Å². The number of fused-ring (bicyclic) bond motifs is 1. The lowest BCUT2D eigenvalue weighted by Crippen LogP contribution is -2.43. The van der Waals surface area contributed by atoms with Crippen molar-refractivity contribution in [2.45, 2.75) is 38.8 Å². The summed E-state index contributed by atoms with van der Waals surface area (Å²) < 4.78 is 49.6. The maximum Gasteiger partial charge on any atom is 0.342 e. The predicted octanol–water partition coefficient (Wildman–Crippen LogP) is 3.05. The van der Waals surface area contributed by atoms with Gasteiger partial charge in [0.25, 0.3) is 5.91 Å². The second-order valence-electron chi connectivity index (χ2n) is 6.61. The van der Waals surface area contributed by atoms with Gasteiger partial charge < -0.3 is 19.9 Å². The van der Waals surface area contributed by atoms with Crippen LogP contribution in [-0.2, 0) is 27.1 Å². The molecule has 2 aromatic carbocycles. The lowest BCUT2D eigenvalue weighted by atomic mass is 9.95. The average molecular weight is 437 g/mol. The van der Waals surface area contributed by atoms with Crippen molar-refractivity contribution in [3.63, 3.8) is 0 Å². The number of nitrogens with one attached hydrogen (secondary N) is 1. The molecule has 1 heterocycles. The van der Waals surface area contributed by atoms with Crippen LogP contribution < -0.4 is 5.32 Å². The van der Waals surface area contributed by atoms with Crippen LogP contribution in [0.4, 0.5) is 0 Å². The first-order chi connectivity index (χ1) is 16.4. The van der Waals surface area contributed by atoms with Gasteiger partial charge in [-0.15, -0.1) is 0 Å². The zero-order chi connectivity index (χ0) is 26.2. The van der Waals surface area contributed by atoms with Crippen molar-refractivity contribution in [3.8, 4) is 5.75 Å². The van der Waals surface area contributed by atoms with Gasteiger partial charge in [-0.3, -0.25) is 4.79 Å². The molecular weight excluding hydrogens is 410 g/mol. The van der Waals surface area contributed by atoms with Crippen molar-refractivity contribution < 1.29 is 35.8 Å². The average Bonchev–Trinajstić information content (AvgIpc) is 2.80. The number of hydrogen-bond acceptors (Lipinski definition) is 6. The summed E-state index contributed by atoms with van der Waals surface area (Å²) in [6.07, 6.45) is -0.730. The van der Waals surface area contributed by atoms with Gasteiger partial charge in [0.2, 0.25) is 0 Å². The fourth-order valence-electron chi connectivity index (χ4n) is 3.10. The van der Waals surface area contributed by atoms with Gasteiger partial charge in [0.15, 0.2) is 0 Å². The van der Waals surface area contributed by atoms with Crippen molar-refractivity contribution in [2.24, 2.45) is 0 Å². The Bertz CT molecular complexity index is 1210. The highest BCUT2D eigenvalue weighted by atomic mass is 35.5. The van der Waals surface area contributed by atoms with Crippen LogP contribution in [0.2, 0.25) is 5.02 Å². The number of phenols is 1. The number of esters is 2. The van der Waals surface area contributed by atoms with Crippen LogP contribution in [0.15, 0.2) is 36.3 Å². The first-order valence-corrected chi connectivity index (χ1v) is 9.55. The summed E-state index contributed by atoms with van der Waals surface area (Å²) in [6, 6.07) is -3.18. The van der Waals surface area contributed by atoms with Crippen LogP contribution in [0.25, 0.3) is 0 Å². The molecule has 7 nitrogen and oxygen atoms in total. The van der Waals surface area contributed by atoms with Gasteiger partial charge in [0.1, 0.15) is 23.5 Å². The molecule has 1 amide bonds. The molecule has 0 radical (unpaired) electrons. The number of amides is 1. The van der Waals surface area contributed by atoms with Crippen LogP contribution in [0, 0.1) is 0 Å². The number of aromatic hydroxyl groups is 1. The molecule has 0 fully saturated rings. The maximum atomic E-state index is 13.1. The Hall–Kier alpha value is -3.06. The van der Waals surface area contributed by atoms with Crippen molar-refractivity contribution in [1.29, 1.82) is 0 Å². The Balaban J connectivity index is 2.00. The summed E-state index contributed by atoms with van der Waals surface area (Å²) in [5.41, 5.74) is -0.542. The zero-order valence-electron chi connectivity index (χ0n) is 21.2. The molecule has 0 saturated carbocycles. The van der Waals surface area contributed by atoms with E-state index in [9.17, 15) is 19.5 Å². The quantitative estimate of drug-likeness (QED) is 0.675. The molecule has 1 aliphatic heterocycles. The van der Waals surface area contributed by atoms with Gasteiger partial charge in [-0.2, -0.15) is 0 Å². The standard InChI is InChI=1S/C22H22ClNO6/c1-3-29-21(27)17(10-13-7-5-4-6-8-13)24-20(26)15-11-16(23)14-9-12(2)30-22(28)18(14)19(15)25/h4-8,11-12,17,25H,3,9-10H2,1-2H3,(H,24,26)/t12-,17-/m0/s1/i4D,5D,6D,7D,8D. The molecule has 8 heteroatoms. The van der Waals surface area contributed by atoms with E-state index in [2.05, 4.69) is 5.32 Å². The largest absolute Gasteiger partial charge is 0.506 e. The van der Waals surface area contributed by atoms with E-state index < -0.39 is 77.9 Å². The van der Waals surface area contributed by atoms with Gasteiger partial charge in [-0.1, -0.05) is 41.8 Å². The van der Waals surface area contributed by atoms with E-state index in [4.69, 9.17) is 27.9 Å². The van der Waals surface area contributed by atoms with Crippen molar-refractivity contribution in [1.82, 2.24) is 5.32 Å². The van der Waals surface area contributed by atoms with Crippen LogP contribution in [0.1, 0.15) is 52.5 Å². The number of cyclic esters (lactones) is 1. The fraction of sp³-hybridized carbons (Fsp3) is 0.318. The molecule has 2 N–H and O–H groups in total. The Morgan fingerprint density at radius 2 is 2.10 bits per heavy atom. The lowest BCUT2D eigenvalue weighted by molar-refractivity contribution is -0.145. The molecule has 0 unspecified atom stereocenters. The summed E-state index contributed by atoms with van der Waals surface area (Å²) >= 11 is 6.26. The summed E-state index contributed by atoms with van der Waals surface area (Å²) in [5.74, 6) is -3.45. The number of carbonyl (C=O) groups excluding carboxylic acids is 3. The summed E-state index contributed by atoms with van der Waals surface area (Å²) in [4.78, 5) is 38.0. The smallest absolute Gasteiger partial charge is 0.342 e. The van der Waals surface area contributed by atoms with Gasteiger partial charge in [0.05, 0.1) is 19.0 Å². The SMILES string of the molecule is [2H]c1c([2H])c([2H])c(C[C@H](NC(=O)c2cc(Cl)c3c(c2O)C(=O)O[C@@H](C)C3)C(=O)OCC)c([2H])c1[2H]. The van der Waals surface area contributed by atoms with Crippen molar-refractivity contribution >= 4 is 29.4 Å². The van der Waals surface area contributed by atoms with E-state index in [0.717, 1.165) is 6.07 Å². The highest BCUT2D eigenvalue weighted by Crippen LogP contribution is 2.36. The monoisotopic (exact) mass is 436 g/mol. The van der Waals surface area contributed by atoms with Gasteiger partial charge in [-0.05, 0) is 31.0 Å². The number of hydrogen-bond donors (Lipinski definition) is 2. The molecule has 2 atom stereocenters. The fourth-order valence-corrected chi connectivity index (χ4v) is 3.38. The third-order valence-electron chi connectivity index (χ3n) is 4.44. The number of ether oxygens (including phenoxy) is 2. The molecule has 158 valence electrons. The lowest BCUT2D eigenvalue weighted by Gasteiger charge is -2.24. The third-order valence-corrected chi connectivity index (χ3v) is 4.78. The van der Waals surface area contributed by atoms with Crippen LogP contribution in [-0.4, -0.2) is 41.7 Å². The summed E-state index contributed by atoms with van der Waals surface area (Å²) in [6.45, 7) is 3.13. The van der Waals surface area contributed by atoms with Crippen molar-refractivity contribution in [2.75, 3.05) is 6.61 Å². The molecule has 0 aliphatic carbocycles. The van der Waals surface area contributed by atoms with Gasteiger partial charge >= 0.3 is 11.9 Å². The normalized spacial score (nSPS) is 18.6. The van der Waals surface area contributed by atoms with E-state index >= 15 is 0 Å². The van der Waals surface area contributed by atoms with E-state index in [1.807, 2.05) is 0 Å². The van der Waals surface area contributed by atoms with Gasteiger partial charge in [0, 0.05) is 17.9 Å². The number of carbonyl (C=O) groups is 3. The second-order valence-corrected chi connectivity index (χ2v) is 7.02. The Labute approximate surface area is 186 Å². The highest BCUT2D eigenvalue weighted by molar-refractivity contribution is 6.32. The van der Waals surface area contributed by atoms with Crippen LogP contribution in [0.3, 0.4) is 0 Å². The number of phenolic OH excluding ortho intramolecular Hbond substituents is 1. The molecular formula is C22H22ClNO6. The first-order valence-electron chi connectivity index (χ1n) is 11.7. The topological polar surface area (TPSA) is 102 Å². The minimum absolute atomic E-state index is 0.0461. The number of halogens is 1. The first kappa shape index (κ1) is 15.7. The molecule has 3 rings (SSSR count). The van der Waals surface area contributed by atoms with E-state index in [-0.39, 0.29) is 29.2 Å². The van der Waals surface area contributed by atoms with Gasteiger partial charge in [-0.25, -0.2) is 9.59 Å². The second kappa shape index (κ2) is 9.17. The molecule has 30 heavy (non-hydrogen) atoms. The Morgan fingerprint density at radius 3 is 2.77 bits per heavy atom. The maximum absolute atomic E-state index is 13.1. The minimum atomic E-state index is -1.48. The molecule has 0 aromatic heterocycles. The third kappa shape index (κ3) is 4.57. The summed E-state index contributed by atoms with van der Waals surface area (Å²) in [7, 11) is 0. The van der Waals surface area contributed by atoms with E-state index in [0.29, 0.717) is 5.56 Å². The highest BCUT2D eigenvalue weighted by Gasteiger charge is 2.33. The molecule has 0 saturated heterocycles. The molecule has 1 aliphatic rings. The van der Waals surface area contributed by atoms with Crippen LogP contribution in [0.5, 0.6) is 5.75 Å². The molecule has 0 bridgehead atoms. The molecule has 2 aromatic rings. The van der Waals surface area contributed by atoms with Crippen molar-refractivity contribution in [3.05, 3.63) is 63.6 Å².